The van der Waals surface area contributed by atoms with Crippen molar-refractivity contribution >= 4 is 29.1 Å². The summed E-state index contributed by atoms with van der Waals surface area (Å²) in [5.74, 6) is 0.102. The number of hydrogen-bond acceptors (Lipinski definition) is 4. The van der Waals surface area contributed by atoms with Crippen LogP contribution in [0.1, 0.15) is 34.7 Å². The molecule has 2 aromatic rings. The van der Waals surface area contributed by atoms with Crippen LogP contribution in [0.25, 0.3) is 0 Å². The monoisotopic (exact) mass is 381 g/mol. The van der Waals surface area contributed by atoms with Gasteiger partial charge in [0.25, 0.3) is 5.91 Å². The van der Waals surface area contributed by atoms with Crippen LogP contribution in [0.5, 0.6) is 0 Å². The van der Waals surface area contributed by atoms with Crippen molar-refractivity contribution in [2.75, 3.05) is 26.2 Å². The van der Waals surface area contributed by atoms with Gasteiger partial charge in [-0.3, -0.25) is 4.79 Å². The molecule has 0 saturated carbocycles. The highest BCUT2D eigenvalue weighted by atomic mass is 35.5. The maximum atomic E-state index is 12.8. The van der Waals surface area contributed by atoms with E-state index in [-0.39, 0.29) is 11.7 Å². The van der Waals surface area contributed by atoms with Gasteiger partial charge in [0.1, 0.15) is 0 Å². The summed E-state index contributed by atoms with van der Waals surface area (Å²) in [5.41, 5.74) is 1.62. The van der Waals surface area contributed by atoms with Crippen LogP contribution in [0.15, 0.2) is 28.8 Å². The number of nitrogens with zero attached hydrogens (tertiary/aromatic N) is 3. The molecule has 1 aromatic carbocycles. The number of carbonyl (C=O) groups is 1. The lowest BCUT2D eigenvalue weighted by Gasteiger charge is -2.25. The maximum absolute atomic E-state index is 12.8. The standard InChI is InChI=1S/C18H21Cl2N3O2/c1-13-10-17(25-21-13)18(24)23(9-8-22-6-2-3-7-22)12-14-4-5-15(19)16(20)11-14/h4-5,10-11H,2-3,6-9,12H2,1H3. The Balaban J connectivity index is 1.74. The van der Waals surface area contributed by atoms with E-state index >= 15 is 0 Å². The molecule has 1 aliphatic heterocycles. The lowest BCUT2D eigenvalue weighted by molar-refractivity contribution is 0.0685. The zero-order valence-electron chi connectivity index (χ0n) is 14.2. The maximum Gasteiger partial charge on any atom is 0.292 e. The van der Waals surface area contributed by atoms with Gasteiger partial charge in [0.2, 0.25) is 5.76 Å². The summed E-state index contributed by atoms with van der Waals surface area (Å²) in [6.45, 7) is 5.91. The fourth-order valence-electron chi connectivity index (χ4n) is 3.00. The van der Waals surface area contributed by atoms with Crippen LogP contribution in [-0.2, 0) is 6.54 Å². The summed E-state index contributed by atoms with van der Waals surface area (Å²) in [6.07, 6.45) is 2.45. The quantitative estimate of drug-likeness (QED) is 0.757. The van der Waals surface area contributed by atoms with E-state index in [1.165, 1.54) is 12.8 Å². The van der Waals surface area contributed by atoms with Crippen LogP contribution in [-0.4, -0.2) is 47.0 Å². The summed E-state index contributed by atoms with van der Waals surface area (Å²) in [5, 5.41) is 4.81. The van der Waals surface area contributed by atoms with Gasteiger partial charge in [-0.1, -0.05) is 34.4 Å². The predicted octanol–water partition coefficient (Wildman–Crippen LogP) is 4.03. The summed E-state index contributed by atoms with van der Waals surface area (Å²) in [7, 11) is 0. The largest absolute Gasteiger partial charge is 0.351 e. The van der Waals surface area contributed by atoms with Gasteiger partial charge in [-0.05, 0) is 50.6 Å². The third-order valence-corrected chi connectivity index (χ3v) is 5.11. The molecule has 1 fully saturated rings. The van der Waals surface area contributed by atoms with Crippen molar-refractivity contribution in [3.8, 4) is 0 Å². The number of carbonyl (C=O) groups excluding carboxylic acids is 1. The third kappa shape index (κ3) is 4.75. The highest BCUT2D eigenvalue weighted by Gasteiger charge is 2.22. The Labute approximate surface area is 157 Å². The van der Waals surface area contributed by atoms with Crippen molar-refractivity contribution in [3.05, 3.63) is 51.3 Å². The first-order valence-electron chi connectivity index (χ1n) is 8.42. The molecule has 25 heavy (non-hydrogen) atoms. The van der Waals surface area contributed by atoms with Crippen molar-refractivity contribution in [1.82, 2.24) is 15.0 Å². The van der Waals surface area contributed by atoms with Crippen LogP contribution >= 0.6 is 23.2 Å². The molecular weight excluding hydrogens is 361 g/mol. The Morgan fingerprint density at radius 3 is 2.64 bits per heavy atom. The number of amides is 1. The van der Waals surface area contributed by atoms with Gasteiger partial charge in [-0.2, -0.15) is 0 Å². The number of aromatic nitrogens is 1. The molecule has 2 heterocycles. The molecule has 0 aliphatic carbocycles. The second-order valence-corrected chi connectivity index (χ2v) is 7.17. The van der Waals surface area contributed by atoms with Crippen LogP contribution in [0, 0.1) is 6.92 Å². The average molecular weight is 382 g/mol. The van der Waals surface area contributed by atoms with E-state index in [0.717, 1.165) is 25.2 Å². The molecule has 7 heteroatoms. The Kier molecular flexibility index (Phi) is 5.99. The van der Waals surface area contributed by atoms with Crippen molar-refractivity contribution in [2.24, 2.45) is 0 Å². The minimum atomic E-state index is -0.161. The molecule has 1 saturated heterocycles. The Hall–Kier alpha value is -1.56. The number of aryl methyl sites for hydroxylation is 1. The molecule has 0 atom stereocenters. The Morgan fingerprint density at radius 1 is 1.24 bits per heavy atom. The van der Waals surface area contributed by atoms with Gasteiger partial charge >= 0.3 is 0 Å². The average Bonchev–Trinajstić information content (AvgIpc) is 3.25. The molecular formula is C18H21Cl2N3O2. The molecule has 0 spiro atoms. The van der Waals surface area contributed by atoms with Crippen LogP contribution in [0.4, 0.5) is 0 Å². The van der Waals surface area contributed by atoms with Gasteiger partial charge in [0, 0.05) is 25.7 Å². The van der Waals surface area contributed by atoms with Crippen molar-refractivity contribution in [1.29, 1.82) is 0 Å². The van der Waals surface area contributed by atoms with Crippen molar-refractivity contribution in [2.45, 2.75) is 26.3 Å². The first-order valence-corrected chi connectivity index (χ1v) is 9.17. The second kappa shape index (κ2) is 8.21. The molecule has 1 aromatic heterocycles. The van der Waals surface area contributed by atoms with Crippen LogP contribution in [0.3, 0.4) is 0 Å². The molecule has 0 bridgehead atoms. The Bertz CT molecular complexity index is 742. The zero-order chi connectivity index (χ0) is 17.8. The van der Waals surface area contributed by atoms with E-state index in [4.69, 9.17) is 27.7 Å². The van der Waals surface area contributed by atoms with Crippen molar-refractivity contribution < 1.29 is 9.32 Å². The Morgan fingerprint density at radius 2 is 2.00 bits per heavy atom. The lowest BCUT2D eigenvalue weighted by Crippen LogP contribution is -2.37. The lowest BCUT2D eigenvalue weighted by atomic mass is 10.2. The van der Waals surface area contributed by atoms with E-state index in [1.807, 2.05) is 6.07 Å². The first-order chi connectivity index (χ1) is 12.0. The van der Waals surface area contributed by atoms with Gasteiger partial charge in [-0.15, -0.1) is 0 Å². The SMILES string of the molecule is Cc1cc(C(=O)N(CCN2CCCC2)Cc2ccc(Cl)c(Cl)c2)on1. The summed E-state index contributed by atoms with van der Waals surface area (Å²) in [6, 6.07) is 7.10. The van der Waals surface area contributed by atoms with Crippen molar-refractivity contribution in [3.63, 3.8) is 0 Å². The fourth-order valence-corrected chi connectivity index (χ4v) is 3.32. The summed E-state index contributed by atoms with van der Waals surface area (Å²) >= 11 is 12.1. The minimum absolute atomic E-state index is 0.161. The number of likely N-dealkylation sites (tertiary alicyclic amines) is 1. The number of rotatable bonds is 6. The molecule has 1 aliphatic rings. The van der Waals surface area contributed by atoms with E-state index < -0.39 is 0 Å². The van der Waals surface area contributed by atoms with Gasteiger partial charge in [-0.25, -0.2) is 0 Å². The molecule has 3 rings (SSSR count). The molecule has 0 unspecified atom stereocenters. The van der Waals surface area contributed by atoms with E-state index in [2.05, 4.69) is 10.1 Å². The second-order valence-electron chi connectivity index (χ2n) is 6.36. The smallest absolute Gasteiger partial charge is 0.292 e. The van der Waals surface area contributed by atoms with Crippen LogP contribution in [0.2, 0.25) is 10.0 Å². The third-order valence-electron chi connectivity index (χ3n) is 4.37. The highest BCUT2D eigenvalue weighted by Crippen LogP contribution is 2.23. The highest BCUT2D eigenvalue weighted by molar-refractivity contribution is 6.42. The predicted molar refractivity (Wildman–Crippen MR) is 98.1 cm³/mol. The number of benzene rings is 1. The zero-order valence-corrected chi connectivity index (χ0v) is 15.7. The summed E-state index contributed by atoms with van der Waals surface area (Å²) in [4.78, 5) is 17.0. The number of hydrogen-bond donors (Lipinski definition) is 0. The van der Waals surface area contributed by atoms with E-state index in [0.29, 0.717) is 28.8 Å². The first kappa shape index (κ1) is 18.2. The molecule has 5 nitrogen and oxygen atoms in total. The number of halogens is 2. The van der Waals surface area contributed by atoms with E-state index in [1.54, 1.807) is 30.0 Å². The fraction of sp³-hybridized carbons (Fsp3) is 0.444. The van der Waals surface area contributed by atoms with Gasteiger partial charge in [0.15, 0.2) is 0 Å². The molecule has 0 N–H and O–H groups in total. The van der Waals surface area contributed by atoms with Crippen LogP contribution < -0.4 is 0 Å². The topological polar surface area (TPSA) is 49.6 Å². The summed E-state index contributed by atoms with van der Waals surface area (Å²) < 4.78 is 5.16. The molecule has 0 radical (unpaired) electrons. The van der Waals surface area contributed by atoms with Gasteiger partial charge in [0.05, 0.1) is 15.7 Å². The molecule has 1 amide bonds. The van der Waals surface area contributed by atoms with E-state index in [9.17, 15) is 4.79 Å². The minimum Gasteiger partial charge on any atom is -0.351 e. The molecule has 134 valence electrons. The normalized spacial score (nSPS) is 14.8. The van der Waals surface area contributed by atoms with Gasteiger partial charge < -0.3 is 14.3 Å².